The van der Waals surface area contributed by atoms with E-state index in [0.717, 1.165) is 33.7 Å². The van der Waals surface area contributed by atoms with Crippen LogP contribution in [0.2, 0.25) is 0 Å². The highest BCUT2D eigenvalue weighted by Gasteiger charge is 2.19. The maximum atomic E-state index is 12.3. The minimum atomic E-state index is -3.69. The largest absolute Gasteiger partial charge is 0.372 e. The lowest BCUT2D eigenvalue weighted by Gasteiger charge is -2.18. The lowest BCUT2D eigenvalue weighted by molar-refractivity contribution is -0.116. The number of rotatable bonds is 6. The fourth-order valence-corrected chi connectivity index (χ4v) is 4.00. The highest BCUT2D eigenvalue weighted by molar-refractivity contribution is 7.89. The minimum Gasteiger partial charge on any atom is -0.372 e. The third-order valence-corrected chi connectivity index (χ3v) is 6.47. The van der Waals surface area contributed by atoms with Crippen molar-refractivity contribution in [3.05, 3.63) is 52.9 Å². The number of aromatic nitrogens is 1. The third-order valence-electron chi connectivity index (χ3n) is 4.67. The van der Waals surface area contributed by atoms with Gasteiger partial charge in [-0.2, -0.15) is 0 Å². The Hall–Kier alpha value is -2.65. The standard InChI is InChI=1S/C19H24N4O4S/c1-21(2)28(26,27)17-9-10-19(25)23(13-17)14-18(24)20-15-5-7-16(8-6-15)22-11-3-4-12-22/h5-10,13H,3-4,11-12,14H2,1-2H3,(H,20,24). The van der Waals surface area contributed by atoms with Crippen molar-refractivity contribution in [2.45, 2.75) is 24.3 Å². The molecule has 0 bridgehead atoms. The first-order valence-corrected chi connectivity index (χ1v) is 10.5. The first kappa shape index (κ1) is 20.1. The molecule has 9 heteroatoms. The molecule has 0 saturated carbocycles. The van der Waals surface area contributed by atoms with E-state index < -0.39 is 21.5 Å². The van der Waals surface area contributed by atoms with Crippen LogP contribution in [0.5, 0.6) is 0 Å². The monoisotopic (exact) mass is 404 g/mol. The second-order valence-electron chi connectivity index (χ2n) is 6.91. The zero-order valence-electron chi connectivity index (χ0n) is 16.0. The molecule has 150 valence electrons. The number of hydrogen-bond donors (Lipinski definition) is 1. The lowest BCUT2D eigenvalue weighted by atomic mass is 10.2. The van der Waals surface area contributed by atoms with E-state index in [0.29, 0.717) is 5.69 Å². The van der Waals surface area contributed by atoms with Crippen molar-refractivity contribution >= 4 is 27.3 Å². The van der Waals surface area contributed by atoms with Gasteiger partial charge >= 0.3 is 0 Å². The molecule has 0 radical (unpaired) electrons. The van der Waals surface area contributed by atoms with Crippen molar-refractivity contribution in [1.82, 2.24) is 8.87 Å². The maximum absolute atomic E-state index is 12.3. The Morgan fingerprint density at radius 3 is 2.32 bits per heavy atom. The summed E-state index contributed by atoms with van der Waals surface area (Å²) in [5.74, 6) is -0.407. The topological polar surface area (TPSA) is 91.7 Å². The summed E-state index contributed by atoms with van der Waals surface area (Å²) in [6, 6.07) is 9.94. The molecule has 1 saturated heterocycles. The summed E-state index contributed by atoms with van der Waals surface area (Å²) in [6.07, 6.45) is 3.57. The van der Waals surface area contributed by atoms with E-state index in [-0.39, 0.29) is 11.4 Å². The Kier molecular flexibility index (Phi) is 5.85. The van der Waals surface area contributed by atoms with Gasteiger partial charge in [0.05, 0.1) is 4.90 Å². The molecule has 0 atom stereocenters. The van der Waals surface area contributed by atoms with E-state index in [2.05, 4.69) is 10.2 Å². The number of hydrogen-bond acceptors (Lipinski definition) is 5. The highest BCUT2D eigenvalue weighted by Crippen LogP contribution is 2.22. The number of sulfonamides is 1. The average molecular weight is 404 g/mol. The Bertz CT molecular complexity index is 1010. The number of carbonyl (C=O) groups is 1. The SMILES string of the molecule is CN(C)S(=O)(=O)c1ccc(=O)n(CC(=O)Nc2ccc(N3CCCC3)cc2)c1. The van der Waals surface area contributed by atoms with Crippen LogP contribution in [0.3, 0.4) is 0 Å². The number of carbonyl (C=O) groups excluding carboxylic acids is 1. The molecule has 2 aromatic rings. The van der Waals surface area contributed by atoms with Gasteiger partial charge in [0.25, 0.3) is 5.56 Å². The van der Waals surface area contributed by atoms with Gasteiger partial charge < -0.3 is 14.8 Å². The van der Waals surface area contributed by atoms with Crippen molar-refractivity contribution in [1.29, 1.82) is 0 Å². The normalized spacial score (nSPS) is 14.5. The summed E-state index contributed by atoms with van der Waals surface area (Å²) in [7, 11) is -0.874. The predicted molar refractivity (Wildman–Crippen MR) is 108 cm³/mol. The maximum Gasteiger partial charge on any atom is 0.251 e. The average Bonchev–Trinajstić information content (AvgIpc) is 3.18. The van der Waals surface area contributed by atoms with Gasteiger partial charge in [-0.3, -0.25) is 9.59 Å². The van der Waals surface area contributed by atoms with Gasteiger partial charge in [0.1, 0.15) is 6.54 Å². The summed E-state index contributed by atoms with van der Waals surface area (Å²) < 4.78 is 26.6. The second-order valence-corrected chi connectivity index (χ2v) is 9.06. The van der Waals surface area contributed by atoms with Crippen molar-refractivity contribution in [3.63, 3.8) is 0 Å². The molecule has 8 nitrogen and oxygen atoms in total. The third kappa shape index (κ3) is 4.42. The zero-order valence-corrected chi connectivity index (χ0v) is 16.8. The van der Waals surface area contributed by atoms with Gasteiger partial charge in [0.2, 0.25) is 15.9 Å². The van der Waals surface area contributed by atoms with Crippen LogP contribution in [0.1, 0.15) is 12.8 Å². The molecule has 28 heavy (non-hydrogen) atoms. The number of nitrogens with one attached hydrogen (secondary N) is 1. The Morgan fingerprint density at radius 1 is 1.07 bits per heavy atom. The molecule has 1 aliphatic rings. The molecule has 3 rings (SSSR count). The smallest absolute Gasteiger partial charge is 0.251 e. The molecule has 1 aromatic heterocycles. The van der Waals surface area contributed by atoms with Crippen molar-refractivity contribution < 1.29 is 13.2 Å². The van der Waals surface area contributed by atoms with Crippen molar-refractivity contribution in [2.24, 2.45) is 0 Å². The molecule has 0 aliphatic carbocycles. The van der Waals surface area contributed by atoms with E-state index in [9.17, 15) is 18.0 Å². The summed E-state index contributed by atoms with van der Waals surface area (Å²) in [4.78, 5) is 26.6. The Balaban J connectivity index is 1.70. The van der Waals surface area contributed by atoms with Crippen molar-refractivity contribution in [3.8, 4) is 0 Å². The van der Waals surface area contributed by atoms with Crippen LogP contribution in [0, 0.1) is 0 Å². The number of benzene rings is 1. The zero-order chi connectivity index (χ0) is 20.3. The molecule has 1 fully saturated rings. The van der Waals surface area contributed by atoms with E-state index in [1.54, 1.807) is 0 Å². The molecule has 1 aromatic carbocycles. The van der Waals surface area contributed by atoms with Crippen LogP contribution in [0.15, 0.2) is 52.3 Å². The predicted octanol–water partition coefficient (Wildman–Crippen LogP) is 1.34. The first-order valence-electron chi connectivity index (χ1n) is 9.05. The fraction of sp³-hybridized carbons (Fsp3) is 0.368. The van der Waals surface area contributed by atoms with Gasteiger partial charge in [-0.15, -0.1) is 0 Å². The van der Waals surface area contributed by atoms with Crippen LogP contribution in [-0.4, -0.2) is 50.4 Å². The molecular formula is C19H24N4O4S. The highest BCUT2D eigenvalue weighted by atomic mass is 32.2. The summed E-state index contributed by atoms with van der Waals surface area (Å²) in [5, 5.41) is 2.74. The van der Waals surface area contributed by atoms with Gasteiger partial charge in [-0.25, -0.2) is 12.7 Å². The van der Waals surface area contributed by atoms with E-state index in [1.165, 1.54) is 39.2 Å². The lowest BCUT2D eigenvalue weighted by Crippen LogP contribution is -2.29. The van der Waals surface area contributed by atoms with Gasteiger partial charge in [-0.05, 0) is 43.2 Å². The van der Waals surface area contributed by atoms with Crippen LogP contribution in [0.4, 0.5) is 11.4 Å². The van der Waals surface area contributed by atoms with E-state index in [1.807, 2.05) is 24.3 Å². The first-order chi connectivity index (χ1) is 13.3. The Labute approximate surface area is 164 Å². The summed E-state index contributed by atoms with van der Waals surface area (Å²) >= 11 is 0. The fourth-order valence-electron chi connectivity index (χ4n) is 3.08. The molecule has 2 heterocycles. The van der Waals surface area contributed by atoms with Crippen LogP contribution in [-0.2, 0) is 21.4 Å². The number of amides is 1. The molecular weight excluding hydrogens is 380 g/mol. The van der Waals surface area contributed by atoms with Crippen LogP contribution >= 0.6 is 0 Å². The number of pyridine rings is 1. The number of nitrogens with zero attached hydrogens (tertiary/aromatic N) is 3. The van der Waals surface area contributed by atoms with Crippen LogP contribution in [0.25, 0.3) is 0 Å². The van der Waals surface area contributed by atoms with Gasteiger partial charge in [0.15, 0.2) is 0 Å². The molecule has 1 N–H and O–H groups in total. The van der Waals surface area contributed by atoms with E-state index >= 15 is 0 Å². The van der Waals surface area contributed by atoms with E-state index in [4.69, 9.17) is 0 Å². The molecule has 1 amide bonds. The van der Waals surface area contributed by atoms with Gasteiger partial charge in [-0.1, -0.05) is 0 Å². The minimum absolute atomic E-state index is 0.0418. The van der Waals surface area contributed by atoms with Gasteiger partial charge in [0, 0.05) is 50.8 Å². The van der Waals surface area contributed by atoms with Crippen molar-refractivity contribution in [2.75, 3.05) is 37.4 Å². The Morgan fingerprint density at radius 2 is 1.71 bits per heavy atom. The summed E-state index contributed by atoms with van der Waals surface area (Å²) in [6.45, 7) is 1.81. The molecule has 0 unspecified atom stereocenters. The quantitative estimate of drug-likeness (QED) is 0.784. The second kappa shape index (κ2) is 8.15. The van der Waals surface area contributed by atoms with Crippen LogP contribution < -0.4 is 15.8 Å². The summed E-state index contributed by atoms with van der Waals surface area (Å²) in [5.41, 5.74) is 1.30. The number of anilines is 2. The molecule has 0 spiro atoms. The molecule has 1 aliphatic heterocycles.